The second-order valence-corrected chi connectivity index (χ2v) is 6.08. The third-order valence-corrected chi connectivity index (χ3v) is 4.26. The minimum absolute atomic E-state index is 0.137. The number of hydrogen-bond donors (Lipinski definition) is 1. The Bertz CT molecular complexity index is 742. The zero-order chi connectivity index (χ0) is 17.5. The smallest absolute Gasteiger partial charge is 0.251 e. The van der Waals surface area contributed by atoms with Gasteiger partial charge < -0.3 is 10.1 Å². The van der Waals surface area contributed by atoms with Gasteiger partial charge >= 0.3 is 0 Å². The summed E-state index contributed by atoms with van der Waals surface area (Å²) < 4.78 is 5.36. The van der Waals surface area contributed by atoms with Crippen LogP contribution < -0.4 is 5.32 Å². The zero-order valence-corrected chi connectivity index (χ0v) is 14.1. The molecule has 0 spiro atoms. The summed E-state index contributed by atoms with van der Waals surface area (Å²) in [5, 5.41) is 11.7. The van der Waals surface area contributed by atoms with Crippen molar-refractivity contribution in [3.8, 4) is 6.07 Å². The number of nitriles is 1. The van der Waals surface area contributed by atoms with Crippen LogP contribution in [0.4, 0.5) is 0 Å². The SMILES string of the molecule is N#Cc1ccc(C(=O)NCc2ccc(CN3CCOCC3)cc2)cc1. The van der Waals surface area contributed by atoms with Gasteiger partial charge in [0.05, 0.1) is 24.8 Å². The van der Waals surface area contributed by atoms with E-state index in [-0.39, 0.29) is 5.91 Å². The first-order chi connectivity index (χ1) is 12.2. The van der Waals surface area contributed by atoms with Crippen molar-refractivity contribution >= 4 is 5.91 Å². The summed E-state index contributed by atoms with van der Waals surface area (Å²) in [4.78, 5) is 14.5. The van der Waals surface area contributed by atoms with Gasteiger partial charge in [0.15, 0.2) is 0 Å². The Balaban J connectivity index is 1.50. The molecule has 0 aliphatic carbocycles. The predicted octanol–water partition coefficient (Wildman–Crippen LogP) is 2.32. The summed E-state index contributed by atoms with van der Waals surface area (Å²) in [7, 11) is 0. The number of nitrogens with zero attached hydrogens (tertiary/aromatic N) is 2. The third-order valence-electron chi connectivity index (χ3n) is 4.26. The molecule has 25 heavy (non-hydrogen) atoms. The Kier molecular flexibility index (Phi) is 5.78. The molecule has 5 nitrogen and oxygen atoms in total. The van der Waals surface area contributed by atoms with Gasteiger partial charge in [-0.1, -0.05) is 24.3 Å². The Morgan fingerprint density at radius 2 is 1.68 bits per heavy atom. The Hall–Kier alpha value is -2.68. The molecule has 0 radical (unpaired) electrons. The molecule has 0 saturated carbocycles. The molecular formula is C20H21N3O2. The van der Waals surface area contributed by atoms with E-state index in [0.29, 0.717) is 17.7 Å². The van der Waals surface area contributed by atoms with Crippen LogP contribution in [0.3, 0.4) is 0 Å². The monoisotopic (exact) mass is 335 g/mol. The molecule has 1 N–H and O–H groups in total. The highest BCUT2D eigenvalue weighted by Gasteiger charge is 2.10. The van der Waals surface area contributed by atoms with Crippen LogP contribution in [0.1, 0.15) is 27.0 Å². The van der Waals surface area contributed by atoms with Crippen LogP contribution in [0, 0.1) is 11.3 Å². The number of carbonyl (C=O) groups is 1. The largest absolute Gasteiger partial charge is 0.379 e. The van der Waals surface area contributed by atoms with E-state index in [1.54, 1.807) is 24.3 Å². The average molecular weight is 335 g/mol. The van der Waals surface area contributed by atoms with Gasteiger partial charge in [0, 0.05) is 31.7 Å². The van der Waals surface area contributed by atoms with Gasteiger partial charge in [-0.25, -0.2) is 0 Å². The minimum Gasteiger partial charge on any atom is -0.379 e. The molecule has 5 heteroatoms. The van der Waals surface area contributed by atoms with E-state index in [4.69, 9.17) is 10.00 Å². The summed E-state index contributed by atoms with van der Waals surface area (Å²) in [6.07, 6.45) is 0. The molecule has 2 aromatic carbocycles. The highest BCUT2D eigenvalue weighted by atomic mass is 16.5. The molecule has 3 rings (SSSR count). The maximum atomic E-state index is 12.1. The van der Waals surface area contributed by atoms with E-state index in [0.717, 1.165) is 38.4 Å². The lowest BCUT2D eigenvalue weighted by atomic mass is 10.1. The van der Waals surface area contributed by atoms with Crippen LogP contribution in [-0.2, 0) is 17.8 Å². The molecule has 0 atom stereocenters. The van der Waals surface area contributed by atoms with Crippen molar-refractivity contribution in [2.24, 2.45) is 0 Å². The topological polar surface area (TPSA) is 65.4 Å². The molecule has 1 fully saturated rings. The van der Waals surface area contributed by atoms with E-state index in [9.17, 15) is 4.79 Å². The number of ether oxygens (including phenoxy) is 1. The number of amides is 1. The number of hydrogen-bond acceptors (Lipinski definition) is 4. The van der Waals surface area contributed by atoms with Crippen LogP contribution in [0.5, 0.6) is 0 Å². The fourth-order valence-electron chi connectivity index (χ4n) is 2.76. The quantitative estimate of drug-likeness (QED) is 0.911. The van der Waals surface area contributed by atoms with Crippen molar-refractivity contribution in [2.45, 2.75) is 13.1 Å². The Morgan fingerprint density at radius 3 is 2.32 bits per heavy atom. The molecular weight excluding hydrogens is 314 g/mol. The molecule has 0 bridgehead atoms. The maximum Gasteiger partial charge on any atom is 0.251 e. The lowest BCUT2D eigenvalue weighted by Crippen LogP contribution is -2.35. The zero-order valence-electron chi connectivity index (χ0n) is 14.1. The lowest BCUT2D eigenvalue weighted by Gasteiger charge is -2.26. The van der Waals surface area contributed by atoms with E-state index in [1.807, 2.05) is 6.07 Å². The Labute approximate surface area is 147 Å². The summed E-state index contributed by atoms with van der Waals surface area (Å²) >= 11 is 0. The molecule has 0 unspecified atom stereocenters. The molecule has 1 heterocycles. The molecule has 1 aliphatic heterocycles. The van der Waals surface area contributed by atoms with Crippen LogP contribution >= 0.6 is 0 Å². The van der Waals surface area contributed by atoms with Gasteiger partial charge in [-0.05, 0) is 35.4 Å². The van der Waals surface area contributed by atoms with Crippen molar-refractivity contribution in [2.75, 3.05) is 26.3 Å². The van der Waals surface area contributed by atoms with Crippen molar-refractivity contribution in [1.82, 2.24) is 10.2 Å². The number of nitrogens with one attached hydrogen (secondary N) is 1. The number of morpholine rings is 1. The first-order valence-electron chi connectivity index (χ1n) is 8.41. The summed E-state index contributed by atoms with van der Waals surface area (Å²) in [5.41, 5.74) is 3.44. The van der Waals surface area contributed by atoms with Gasteiger partial charge in [0.1, 0.15) is 0 Å². The molecule has 2 aromatic rings. The van der Waals surface area contributed by atoms with Gasteiger partial charge in [-0.2, -0.15) is 5.26 Å². The first kappa shape index (κ1) is 17.2. The molecule has 128 valence electrons. The number of rotatable bonds is 5. The van der Waals surface area contributed by atoms with E-state index < -0.39 is 0 Å². The van der Waals surface area contributed by atoms with E-state index in [2.05, 4.69) is 34.5 Å². The highest BCUT2D eigenvalue weighted by Crippen LogP contribution is 2.10. The first-order valence-corrected chi connectivity index (χ1v) is 8.41. The maximum absolute atomic E-state index is 12.1. The fraction of sp³-hybridized carbons (Fsp3) is 0.300. The van der Waals surface area contributed by atoms with Crippen LogP contribution in [0.2, 0.25) is 0 Å². The molecule has 0 aromatic heterocycles. The summed E-state index contributed by atoms with van der Waals surface area (Å²) in [5.74, 6) is -0.137. The van der Waals surface area contributed by atoms with Crippen molar-refractivity contribution in [3.05, 3.63) is 70.8 Å². The molecule has 1 saturated heterocycles. The molecule has 1 amide bonds. The summed E-state index contributed by atoms with van der Waals surface area (Å²) in [6, 6.07) is 17.0. The second kappa shape index (κ2) is 8.43. The van der Waals surface area contributed by atoms with Gasteiger partial charge in [-0.15, -0.1) is 0 Å². The highest BCUT2D eigenvalue weighted by molar-refractivity contribution is 5.94. The standard InChI is InChI=1S/C20H21N3O2/c21-13-16-5-7-19(8-6-16)20(24)22-14-17-1-3-18(4-2-17)15-23-9-11-25-12-10-23/h1-8H,9-12,14-15H2,(H,22,24). The Morgan fingerprint density at radius 1 is 1.04 bits per heavy atom. The fourth-order valence-corrected chi connectivity index (χ4v) is 2.76. The van der Waals surface area contributed by atoms with E-state index >= 15 is 0 Å². The minimum atomic E-state index is -0.137. The van der Waals surface area contributed by atoms with E-state index in [1.165, 1.54) is 5.56 Å². The summed E-state index contributed by atoms with van der Waals surface area (Å²) in [6.45, 7) is 4.97. The van der Waals surface area contributed by atoms with Crippen molar-refractivity contribution < 1.29 is 9.53 Å². The van der Waals surface area contributed by atoms with Crippen LogP contribution in [0.15, 0.2) is 48.5 Å². The lowest BCUT2D eigenvalue weighted by molar-refractivity contribution is 0.0342. The number of benzene rings is 2. The predicted molar refractivity (Wildman–Crippen MR) is 94.9 cm³/mol. The van der Waals surface area contributed by atoms with Gasteiger partial charge in [0.2, 0.25) is 0 Å². The normalized spacial score (nSPS) is 14.7. The number of carbonyl (C=O) groups excluding carboxylic acids is 1. The van der Waals surface area contributed by atoms with Crippen molar-refractivity contribution in [1.29, 1.82) is 5.26 Å². The average Bonchev–Trinajstić information content (AvgIpc) is 2.68. The third kappa shape index (κ3) is 4.90. The second-order valence-electron chi connectivity index (χ2n) is 6.08. The van der Waals surface area contributed by atoms with Gasteiger partial charge in [0.25, 0.3) is 5.91 Å². The van der Waals surface area contributed by atoms with Crippen LogP contribution in [0.25, 0.3) is 0 Å². The van der Waals surface area contributed by atoms with Crippen molar-refractivity contribution in [3.63, 3.8) is 0 Å². The van der Waals surface area contributed by atoms with Gasteiger partial charge in [-0.3, -0.25) is 9.69 Å². The molecule has 1 aliphatic rings. The van der Waals surface area contributed by atoms with Crippen LogP contribution in [-0.4, -0.2) is 37.1 Å².